The van der Waals surface area contributed by atoms with Gasteiger partial charge in [-0.1, -0.05) is 41.9 Å². The Balaban J connectivity index is 1.82. The van der Waals surface area contributed by atoms with Crippen LogP contribution in [0.1, 0.15) is 18.1 Å². The third-order valence-electron chi connectivity index (χ3n) is 3.58. The van der Waals surface area contributed by atoms with E-state index < -0.39 is 11.9 Å². The minimum Gasteiger partial charge on any atom is -0.497 e. The Kier molecular flexibility index (Phi) is 7.17. The molecule has 7 heteroatoms. The molecule has 0 saturated heterocycles. The molecule has 0 radical (unpaired) electrons. The Morgan fingerprint density at radius 2 is 1.88 bits per heavy atom. The van der Waals surface area contributed by atoms with E-state index >= 15 is 0 Å². The molecule has 1 unspecified atom stereocenters. The highest BCUT2D eigenvalue weighted by Gasteiger charge is 2.15. The molecule has 0 aliphatic heterocycles. The Bertz CT molecular complexity index is 791. The van der Waals surface area contributed by atoms with Crippen molar-refractivity contribution in [2.75, 3.05) is 7.11 Å². The lowest BCUT2D eigenvalue weighted by atomic mass is 10.1. The monoisotopic (exact) mass is 373 g/mol. The second-order valence-electron chi connectivity index (χ2n) is 5.57. The second kappa shape index (κ2) is 9.58. The lowest BCUT2D eigenvalue weighted by Crippen LogP contribution is -2.43. The number of carbonyl (C=O) groups is 2. The summed E-state index contributed by atoms with van der Waals surface area (Å²) in [5.41, 5.74) is 3.90. The molecule has 26 heavy (non-hydrogen) atoms. The lowest BCUT2D eigenvalue weighted by Gasteiger charge is -2.12. The van der Waals surface area contributed by atoms with Gasteiger partial charge in [-0.05, 0) is 30.7 Å². The molecular weight excluding hydrogens is 354 g/mol. The van der Waals surface area contributed by atoms with Crippen LogP contribution in [0.15, 0.2) is 53.6 Å². The van der Waals surface area contributed by atoms with Crippen LogP contribution in [0.25, 0.3) is 0 Å². The van der Waals surface area contributed by atoms with E-state index in [-0.39, 0.29) is 12.3 Å². The maximum Gasteiger partial charge on any atom is 0.262 e. The molecule has 0 heterocycles. The molecule has 0 fully saturated rings. The number of amides is 2. The average Bonchev–Trinajstić information content (AvgIpc) is 2.63. The zero-order chi connectivity index (χ0) is 18.9. The molecule has 2 rings (SSSR count). The molecule has 2 aromatic rings. The van der Waals surface area contributed by atoms with E-state index in [4.69, 9.17) is 16.3 Å². The van der Waals surface area contributed by atoms with E-state index in [0.717, 1.165) is 11.3 Å². The van der Waals surface area contributed by atoms with Crippen LogP contribution in [0.4, 0.5) is 0 Å². The van der Waals surface area contributed by atoms with Crippen molar-refractivity contribution in [1.82, 2.24) is 10.7 Å². The molecule has 2 amide bonds. The van der Waals surface area contributed by atoms with Gasteiger partial charge < -0.3 is 10.1 Å². The molecule has 6 nitrogen and oxygen atoms in total. The number of carbonyl (C=O) groups excluding carboxylic acids is 2. The molecule has 0 bridgehead atoms. The summed E-state index contributed by atoms with van der Waals surface area (Å²) in [6.07, 6.45) is 1.62. The number of rotatable bonds is 7. The molecule has 1 atom stereocenters. The highest BCUT2D eigenvalue weighted by molar-refractivity contribution is 6.33. The number of hydrazone groups is 1. The Labute approximate surface area is 157 Å². The molecule has 2 aromatic carbocycles. The Hall–Kier alpha value is -2.86. The molecule has 0 aliphatic carbocycles. The highest BCUT2D eigenvalue weighted by atomic mass is 35.5. The minimum atomic E-state index is -0.718. The first-order chi connectivity index (χ1) is 12.5. The van der Waals surface area contributed by atoms with E-state index in [9.17, 15) is 9.59 Å². The van der Waals surface area contributed by atoms with Gasteiger partial charge in [-0.15, -0.1) is 0 Å². The fraction of sp³-hybridized carbons (Fsp3) is 0.211. The zero-order valence-electron chi connectivity index (χ0n) is 14.5. The van der Waals surface area contributed by atoms with Crippen LogP contribution in [0.2, 0.25) is 5.02 Å². The van der Waals surface area contributed by atoms with Crippen molar-refractivity contribution in [3.8, 4) is 5.75 Å². The largest absolute Gasteiger partial charge is 0.497 e. The standard InChI is InChI=1S/C19H20ClN3O3/c1-13(19(25)23-21-12-15-5-3-4-6-17(15)20)22-18(24)11-14-7-9-16(26-2)10-8-14/h3-10,12-13H,11H2,1-2H3,(H,22,24)(H,23,25). The van der Waals surface area contributed by atoms with Gasteiger partial charge >= 0.3 is 0 Å². The van der Waals surface area contributed by atoms with Crippen molar-refractivity contribution in [2.45, 2.75) is 19.4 Å². The number of methoxy groups -OCH3 is 1. The number of halogens is 1. The first kappa shape index (κ1) is 19.5. The van der Waals surface area contributed by atoms with E-state index in [1.165, 1.54) is 6.21 Å². The lowest BCUT2D eigenvalue weighted by molar-refractivity contribution is -0.128. The van der Waals surface area contributed by atoms with E-state index in [2.05, 4.69) is 15.8 Å². The molecule has 0 aliphatic rings. The number of ether oxygens (including phenoxy) is 1. The smallest absolute Gasteiger partial charge is 0.262 e. The summed E-state index contributed by atoms with van der Waals surface area (Å²) in [6, 6.07) is 13.6. The number of hydrogen-bond acceptors (Lipinski definition) is 4. The van der Waals surface area contributed by atoms with Crippen LogP contribution >= 0.6 is 11.6 Å². The summed E-state index contributed by atoms with van der Waals surface area (Å²) in [4.78, 5) is 24.0. The quantitative estimate of drug-likeness (QED) is 0.578. The van der Waals surface area contributed by atoms with Gasteiger partial charge in [0.15, 0.2) is 0 Å². The van der Waals surface area contributed by atoms with Gasteiger partial charge in [0.1, 0.15) is 11.8 Å². The van der Waals surface area contributed by atoms with Gasteiger partial charge in [-0.2, -0.15) is 5.10 Å². The van der Waals surface area contributed by atoms with E-state index in [1.807, 2.05) is 6.07 Å². The highest BCUT2D eigenvalue weighted by Crippen LogP contribution is 2.12. The summed E-state index contributed by atoms with van der Waals surface area (Å²) < 4.78 is 5.07. The Morgan fingerprint density at radius 3 is 2.54 bits per heavy atom. The Morgan fingerprint density at radius 1 is 1.19 bits per heavy atom. The van der Waals surface area contributed by atoms with Gasteiger partial charge in [-0.3, -0.25) is 9.59 Å². The van der Waals surface area contributed by atoms with Crippen molar-refractivity contribution >= 4 is 29.6 Å². The third kappa shape index (κ3) is 5.89. The van der Waals surface area contributed by atoms with Crippen molar-refractivity contribution in [1.29, 1.82) is 0 Å². The first-order valence-electron chi connectivity index (χ1n) is 7.99. The topological polar surface area (TPSA) is 79.8 Å². The number of nitrogens with one attached hydrogen (secondary N) is 2. The van der Waals surface area contributed by atoms with Crippen LogP contribution in [-0.4, -0.2) is 31.2 Å². The first-order valence-corrected chi connectivity index (χ1v) is 8.37. The van der Waals surface area contributed by atoms with Gasteiger partial charge in [0.2, 0.25) is 5.91 Å². The third-order valence-corrected chi connectivity index (χ3v) is 3.92. The van der Waals surface area contributed by atoms with Crippen molar-refractivity contribution in [3.05, 3.63) is 64.7 Å². The fourth-order valence-electron chi connectivity index (χ4n) is 2.13. The van der Waals surface area contributed by atoms with Crippen LogP contribution in [0, 0.1) is 0 Å². The molecule has 0 saturated carbocycles. The predicted molar refractivity (Wildman–Crippen MR) is 101 cm³/mol. The minimum absolute atomic E-state index is 0.171. The van der Waals surface area contributed by atoms with Crippen LogP contribution in [0.3, 0.4) is 0 Å². The summed E-state index contributed by atoms with van der Waals surface area (Å²) in [5, 5.41) is 7.03. The van der Waals surface area contributed by atoms with Gasteiger partial charge in [0, 0.05) is 10.6 Å². The maximum atomic E-state index is 12.0. The fourth-order valence-corrected chi connectivity index (χ4v) is 2.31. The van der Waals surface area contributed by atoms with Gasteiger partial charge in [0.05, 0.1) is 19.7 Å². The van der Waals surface area contributed by atoms with E-state index in [1.54, 1.807) is 56.5 Å². The van der Waals surface area contributed by atoms with Crippen molar-refractivity contribution < 1.29 is 14.3 Å². The van der Waals surface area contributed by atoms with Crippen molar-refractivity contribution in [3.63, 3.8) is 0 Å². The number of hydrogen-bond donors (Lipinski definition) is 2. The predicted octanol–water partition coefficient (Wildman–Crippen LogP) is 2.55. The van der Waals surface area contributed by atoms with Gasteiger partial charge in [0.25, 0.3) is 5.91 Å². The second-order valence-corrected chi connectivity index (χ2v) is 5.98. The summed E-state index contributed by atoms with van der Waals surface area (Å²) in [6.45, 7) is 1.59. The van der Waals surface area contributed by atoms with Crippen LogP contribution < -0.4 is 15.5 Å². The summed E-state index contributed by atoms with van der Waals surface area (Å²) in [7, 11) is 1.58. The summed E-state index contributed by atoms with van der Waals surface area (Å²) in [5.74, 6) is 0.0440. The zero-order valence-corrected chi connectivity index (χ0v) is 15.3. The average molecular weight is 374 g/mol. The SMILES string of the molecule is COc1ccc(CC(=O)NC(C)C(=O)NN=Cc2ccccc2Cl)cc1. The van der Waals surface area contributed by atoms with Gasteiger partial charge in [-0.25, -0.2) is 5.43 Å². The van der Waals surface area contributed by atoms with Crippen LogP contribution in [-0.2, 0) is 16.0 Å². The molecule has 2 N–H and O–H groups in total. The van der Waals surface area contributed by atoms with Crippen molar-refractivity contribution in [2.24, 2.45) is 5.10 Å². The van der Waals surface area contributed by atoms with Crippen LogP contribution in [0.5, 0.6) is 5.75 Å². The summed E-state index contributed by atoms with van der Waals surface area (Å²) >= 11 is 6.00. The number of nitrogens with zero attached hydrogens (tertiary/aromatic N) is 1. The van der Waals surface area contributed by atoms with E-state index in [0.29, 0.717) is 10.6 Å². The number of benzene rings is 2. The molecular formula is C19H20ClN3O3. The molecule has 0 aromatic heterocycles. The molecule has 136 valence electrons. The normalized spacial score (nSPS) is 11.8. The maximum absolute atomic E-state index is 12.0. The molecule has 0 spiro atoms.